The van der Waals surface area contributed by atoms with Crippen LogP contribution in [0.2, 0.25) is 0 Å². The monoisotopic (exact) mass is 615 g/mol. The number of allylic oxidation sites excluding steroid dienone is 1. The molecule has 2 aliphatic heterocycles. The molecule has 1 aromatic rings. The van der Waals surface area contributed by atoms with Crippen molar-refractivity contribution in [3.63, 3.8) is 0 Å². The van der Waals surface area contributed by atoms with E-state index in [-0.39, 0.29) is 35.4 Å². The van der Waals surface area contributed by atoms with E-state index in [2.05, 4.69) is 35.5 Å². The number of likely N-dealkylation sites (tertiary alicyclic amines) is 1. The number of aromatic nitrogens is 2. The summed E-state index contributed by atoms with van der Waals surface area (Å²) in [7, 11) is 1.72. The summed E-state index contributed by atoms with van der Waals surface area (Å²) in [6, 6.07) is 0.0137. The molecule has 2 saturated heterocycles. The molecule has 3 unspecified atom stereocenters. The molecule has 246 valence electrons. The number of nitrogens with zero attached hydrogens (tertiary/aromatic N) is 5. The predicted octanol–water partition coefficient (Wildman–Crippen LogP) is 3.84. The van der Waals surface area contributed by atoms with Gasteiger partial charge in [-0.1, -0.05) is 6.08 Å². The normalized spacial score (nSPS) is 25.9. The maximum Gasteiger partial charge on any atom is 0.410 e. The van der Waals surface area contributed by atoms with Crippen molar-refractivity contribution < 1.29 is 28.9 Å². The van der Waals surface area contributed by atoms with Gasteiger partial charge in [0.05, 0.1) is 30.5 Å². The van der Waals surface area contributed by atoms with E-state index in [4.69, 9.17) is 19.2 Å². The third-order valence-corrected chi connectivity index (χ3v) is 9.46. The van der Waals surface area contributed by atoms with Crippen LogP contribution in [0, 0.1) is 11.3 Å². The molecule has 0 aromatic carbocycles. The fraction of sp³-hybridized carbons (Fsp3) is 0.788. The molecule has 1 aromatic heterocycles. The number of hydrogen-bond acceptors (Lipinski definition) is 8. The number of piperidine rings is 1. The van der Waals surface area contributed by atoms with E-state index in [1.807, 2.05) is 25.7 Å². The topological polar surface area (TPSA) is 110 Å². The summed E-state index contributed by atoms with van der Waals surface area (Å²) >= 11 is 0. The zero-order chi connectivity index (χ0) is 31.6. The molecule has 5 rings (SSSR count). The number of unbranched alkanes of at least 4 members (excludes halogenated alkanes) is 1. The second kappa shape index (κ2) is 13.5. The quantitative estimate of drug-likeness (QED) is 0.312. The van der Waals surface area contributed by atoms with E-state index in [1.165, 1.54) is 0 Å². The first-order valence-corrected chi connectivity index (χ1v) is 16.5. The third kappa shape index (κ3) is 7.16. The van der Waals surface area contributed by atoms with Crippen molar-refractivity contribution >= 4 is 18.1 Å². The number of carbonyl (C=O) groups is 2. The molecule has 44 heavy (non-hydrogen) atoms. The van der Waals surface area contributed by atoms with E-state index in [1.54, 1.807) is 12.0 Å². The minimum absolute atomic E-state index is 0.00561. The number of methoxy groups -OCH3 is 1. The van der Waals surface area contributed by atoms with Crippen LogP contribution in [0.4, 0.5) is 4.79 Å². The summed E-state index contributed by atoms with van der Waals surface area (Å²) < 4.78 is 18.8. The largest absolute Gasteiger partial charge is 0.444 e. The third-order valence-electron chi connectivity index (χ3n) is 9.46. The van der Waals surface area contributed by atoms with Gasteiger partial charge in [0.1, 0.15) is 5.60 Å². The van der Waals surface area contributed by atoms with E-state index < -0.39 is 11.8 Å². The van der Waals surface area contributed by atoms with Gasteiger partial charge in [-0.3, -0.25) is 9.69 Å². The van der Waals surface area contributed by atoms with Crippen molar-refractivity contribution in [2.45, 2.75) is 104 Å². The molecule has 1 N–H and O–H groups in total. The molecule has 1 saturated carbocycles. The lowest BCUT2D eigenvalue weighted by Crippen LogP contribution is -2.54. The molecule has 3 heterocycles. The van der Waals surface area contributed by atoms with E-state index in [0.717, 1.165) is 50.0 Å². The lowest BCUT2D eigenvalue weighted by molar-refractivity contribution is -0.142. The first-order valence-electron chi connectivity index (χ1n) is 16.5. The summed E-state index contributed by atoms with van der Waals surface area (Å²) in [5.74, 6) is 0.426. The number of rotatable bonds is 10. The molecule has 0 radical (unpaired) electrons. The van der Waals surface area contributed by atoms with Crippen molar-refractivity contribution in [3.05, 3.63) is 23.3 Å². The first-order chi connectivity index (χ1) is 20.9. The number of aryl methyl sites for hydroxylation is 1. The Balaban J connectivity index is 1.41. The lowest BCUT2D eigenvalue weighted by Gasteiger charge is -2.42. The number of hydrogen-bond donors (Lipinski definition) is 1. The van der Waals surface area contributed by atoms with Crippen LogP contribution >= 0.6 is 0 Å². The van der Waals surface area contributed by atoms with Gasteiger partial charge < -0.3 is 33.7 Å². The summed E-state index contributed by atoms with van der Waals surface area (Å²) in [6.45, 7) is 14.3. The average Bonchev–Trinajstić information content (AvgIpc) is 3.50. The Morgan fingerprint density at radius 1 is 1.18 bits per heavy atom. The van der Waals surface area contributed by atoms with Crippen molar-refractivity contribution in [1.29, 1.82) is 0 Å². The Morgan fingerprint density at radius 2 is 1.93 bits per heavy atom. The second-order valence-corrected chi connectivity index (χ2v) is 14.3. The van der Waals surface area contributed by atoms with Crippen LogP contribution in [-0.4, -0.2) is 112 Å². The summed E-state index contributed by atoms with van der Waals surface area (Å²) in [5, 5.41) is 12.1. The van der Waals surface area contributed by atoms with Gasteiger partial charge in [-0.25, -0.2) is 9.78 Å². The smallest absolute Gasteiger partial charge is 0.410 e. The SMILES string of the molecule is COCCCCn1c(C(O)N(C(C)C)C2CC23C[C@@H](C(=O)N2CCOCC2)CN(C(=O)OC(C)(C)C)C3)nc2c1C=CCC2. The predicted molar refractivity (Wildman–Crippen MR) is 167 cm³/mol. The van der Waals surface area contributed by atoms with Crippen molar-refractivity contribution in [2.75, 3.05) is 53.1 Å². The minimum Gasteiger partial charge on any atom is -0.444 e. The number of aliphatic hydroxyl groups is 1. The van der Waals surface area contributed by atoms with Gasteiger partial charge in [0, 0.05) is 63.9 Å². The van der Waals surface area contributed by atoms with Crippen LogP contribution in [0.3, 0.4) is 0 Å². The Bertz CT molecular complexity index is 1200. The fourth-order valence-electron chi connectivity index (χ4n) is 7.36. The minimum atomic E-state index is -0.911. The number of carbonyl (C=O) groups excluding carboxylic acids is 2. The molecule has 2 aliphatic carbocycles. The highest BCUT2D eigenvalue weighted by Gasteiger charge is 2.63. The van der Waals surface area contributed by atoms with E-state index in [9.17, 15) is 14.7 Å². The van der Waals surface area contributed by atoms with Gasteiger partial charge in [-0.15, -0.1) is 0 Å². The van der Waals surface area contributed by atoms with Gasteiger partial charge >= 0.3 is 6.09 Å². The summed E-state index contributed by atoms with van der Waals surface area (Å²) in [5.41, 5.74) is 1.17. The molecular weight excluding hydrogens is 562 g/mol. The van der Waals surface area contributed by atoms with Crippen molar-refractivity contribution in [2.24, 2.45) is 11.3 Å². The summed E-state index contributed by atoms with van der Waals surface area (Å²) in [6.07, 6.45) is 8.16. The number of ether oxygens (including phenoxy) is 3. The second-order valence-electron chi connectivity index (χ2n) is 14.3. The molecule has 1 spiro atoms. The highest BCUT2D eigenvalue weighted by molar-refractivity contribution is 5.80. The molecule has 4 atom stereocenters. The standard InChI is InChI=1S/C33H53N5O6/c1-23(2)38(30(40)28-34-25-11-7-8-12-26(25)37(28)13-9-10-16-42-6)27-20-33(27)19-24(29(39)35-14-17-43-18-15-35)21-36(22-33)31(41)44-32(3,4)5/h8,12,23-24,27,30,40H,7,9-11,13-22H2,1-6H3/t24-,27?,30?,33?/m1/s1. The van der Waals surface area contributed by atoms with Crippen LogP contribution < -0.4 is 0 Å². The molecule has 11 nitrogen and oxygen atoms in total. The van der Waals surface area contributed by atoms with Gasteiger partial charge in [0.25, 0.3) is 0 Å². The Kier molecular flexibility index (Phi) is 10.1. The summed E-state index contributed by atoms with van der Waals surface area (Å²) in [4.78, 5) is 38.0. The molecule has 3 fully saturated rings. The van der Waals surface area contributed by atoms with Gasteiger partial charge in [-0.05, 0) is 79.2 Å². The molecular formula is C33H53N5O6. The number of morpholine rings is 1. The number of imidazole rings is 1. The first kappa shape index (κ1) is 32.9. The highest BCUT2D eigenvalue weighted by atomic mass is 16.6. The van der Waals surface area contributed by atoms with Gasteiger partial charge in [0.2, 0.25) is 5.91 Å². The number of fused-ring (bicyclic) bond motifs is 1. The number of aliphatic hydroxyl groups excluding tert-OH is 1. The number of amides is 2. The maximum atomic E-state index is 13.8. The van der Waals surface area contributed by atoms with Gasteiger partial charge in [0.15, 0.2) is 12.1 Å². The van der Waals surface area contributed by atoms with E-state index >= 15 is 0 Å². The van der Waals surface area contributed by atoms with Crippen LogP contribution in [0.15, 0.2) is 6.08 Å². The molecule has 0 bridgehead atoms. The van der Waals surface area contributed by atoms with Crippen LogP contribution in [0.1, 0.15) is 90.2 Å². The van der Waals surface area contributed by atoms with Crippen LogP contribution in [0.25, 0.3) is 6.08 Å². The average molecular weight is 616 g/mol. The lowest BCUT2D eigenvalue weighted by atomic mass is 9.84. The molecule has 4 aliphatic rings. The zero-order valence-corrected chi connectivity index (χ0v) is 27.6. The maximum absolute atomic E-state index is 13.8. The highest BCUT2D eigenvalue weighted by Crippen LogP contribution is 2.58. The van der Waals surface area contributed by atoms with E-state index in [0.29, 0.717) is 58.2 Å². The molecule has 2 amide bonds. The Labute approximate surface area is 262 Å². The van der Waals surface area contributed by atoms with Crippen molar-refractivity contribution in [3.8, 4) is 0 Å². The van der Waals surface area contributed by atoms with Gasteiger partial charge in [-0.2, -0.15) is 0 Å². The fourth-order valence-corrected chi connectivity index (χ4v) is 7.36. The Morgan fingerprint density at radius 3 is 2.61 bits per heavy atom. The van der Waals surface area contributed by atoms with Crippen LogP contribution in [0.5, 0.6) is 0 Å². The molecule has 11 heteroatoms. The Hall–Kier alpha value is -2.47. The van der Waals surface area contributed by atoms with Crippen LogP contribution in [-0.2, 0) is 32.0 Å². The van der Waals surface area contributed by atoms with Crippen molar-refractivity contribution in [1.82, 2.24) is 24.3 Å². The zero-order valence-electron chi connectivity index (χ0n) is 27.6.